The van der Waals surface area contributed by atoms with Gasteiger partial charge in [0.1, 0.15) is 5.03 Å². The zero-order valence-electron chi connectivity index (χ0n) is 12.4. The maximum absolute atomic E-state index is 12.8. The summed E-state index contributed by atoms with van der Waals surface area (Å²) in [5, 5.41) is 0.110. The highest BCUT2D eigenvalue weighted by Gasteiger charge is 2.36. The number of aromatic amines is 1. The van der Waals surface area contributed by atoms with Crippen molar-refractivity contribution in [2.45, 2.75) is 35.6 Å². The van der Waals surface area contributed by atoms with Gasteiger partial charge in [0, 0.05) is 11.8 Å². The minimum Gasteiger partial charge on any atom is -0.465 e. The van der Waals surface area contributed by atoms with Crippen molar-refractivity contribution in [3.05, 3.63) is 47.2 Å². The fourth-order valence-electron chi connectivity index (χ4n) is 2.53. The number of benzene rings is 1. The lowest BCUT2D eigenvalue weighted by Gasteiger charge is -2.07. The first kappa shape index (κ1) is 14.8. The number of carbonyl (C=O) groups excluding carboxylic acids is 1. The molecule has 0 aliphatic heterocycles. The maximum atomic E-state index is 12.8. The van der Waals surface area contributed by atoms with E-state index in [9.17, 15) is 13.2 Å². The first-order chi connectivity index (χ1) is 10.4. The van der Waals surface area contributed by atoms with E-state index in [0.29, 0.717) is 11.1 Å². The molecule has 116 valence electrons. The van der Waals surface area contributed by atoms with E-state index in [1.807, 2.05) is 6.92 Å². The molecule has 22 heavy (non-hydrogen) atoms. The molecule has 0 bridgehead atoms. The lowest BCUT2D eigenvalue weighted by atomic mass is 10.1. The quantitative estimate of drug-likeness (QED) is 0.879. The number of aromatic nitrogens is 1. The third-order valence-electron chi connectivity index (χ3n) is 3.87. The summed E-state index contributed by atoms with van der Waals surface area (Å²) in [4.78, 5) is 14.8. The zero-order chi connectivity index (χ0) is 15.9. The lowest BCUT2D eigenvalue weighted by Crippen LogP contribution is -2.08. The van der Waals surface area contributed by atoms with Crippen LogP contribution < -0.4 is 0 Å². The first-order valence-electron chi connectivity index (χ1n) is 7.06. The minimum atomic E-state index is -3.68. The van der Waals surface area contributed by atoms with Gasteiger partial charge in [-0.15, -0.1) is 0 Å². The van der Waals surface area contributed by atoms with Gasteiger partial charge in [0.2, 0.25) is 9.84 Å². The van der Waals surface area contributed by atoms with E-state index in [1.54, 1.807) is 24.3 Å². The van der Waals surface area contributed by atoms with Crippen molar-refractivity contribution >= 4 is 15.8 Å². The van der Waals surface area contributed by atoms with Gasteiger partial charge in [-0.3, -0.25) is 0 Å². The van der Waals surface area contributed by atoms with Gasteiger partial charge in [0.05, 0.1) is 17.6 Å². The molecular weight excluding hydrogens is 302 g/mol. The number of nitrogens with one attached hydrogen (secondary N) is 1. The molecule has 1 saturated carbocycles. The SMILES string of the molecule is COC(=O)c1c[nH]c(S(=O)(=O)c2ccc(C)cc2)c1C1CC1. The molecule has 6 heteroatoms. The van der Waals surface area contributed by atoms with Gasteiger partial charge in [-0.2, -0.15) is 0 Å². The van der Waals surface area contributed by atoms with Crippen molar-refractivity contribution in [3.8, 4) is 0 Å². The zero-order valence-corrected chi connectivity index (χ0v) is 13.2. The molecule has 0 unspecified atom stereocenters. The van der Waals surface area contributed by atoms with Crippen molar-refractivity contribution in [1.29, 1.82) is 0 Å². The Morgan fingerprint density at radius 1 is 1.23 bits per heavy atom. The molecule has 1 aromatic heterocycles. The Kier molecular flexibility index (Phi) is 3.56. The molecule has 1 aromatic carbocycles. The number of H-pyrrole nitrogens is 1. The van der Waals surface area contributed by atoms with Crippen molar-refractivity contribution < 1.29 is 17.9 Å². The van der Waals surface area contributed by atoms with Gasteiger partial charge in [-0.25, -0.2) is 13.2 Å². The number of carbonyl (C=O) groups is 1. The predicted molar refractivity (Wildman–Crippen MR) is 80.7 cm³/mol. The van der Waals surface area contributed by atoms with E-state index in [2.05, 4.69) is 4.98 Å². The van der Waals surface area contributed by atoms with Crippen LogP contribution >= 0.6 is 0 Å². The summed E-state index contributed by atoms with van der Waals surface area (Å²) in [7, 11) is -2.38. The largest absolute Gasteiger partial charge is 0.465 e. The van der Waals surface area contributed by atoms with Gasteiger partial charge in [0.15, 0.2) is 0 Å². The fraction of sp³-hybridized carbons (Fsp3) is 0.312. The second kappa shape index (κ2) is 5.28. The number of rotatable bonds is 4. The molecular formula is C16H17NO4S. The predicted octanol–water partition coefficient (Wildman–Crippen LogP) is 2.82. The second-order valence-electron chi connectivity index (χ2n) is 5.53. The lowest BCUT2D eigenvalue weighted by molar-refractivity contribution is 0.0599. The summed E-state index contributed by atoms with van der Waals surface area (Å²) in [5.74, 6) is -0.404. The number of hydrogen-bond acceptors (Lipinski definition) is 4. The molecule has 0 atom stereocenters. The number of esters is 1. The van der Waals surface area contributed by atoms with E-state index in [-0.39, 0.29) is 15.8 Å². The van der Waals surface area contributed by atoms with E-state index >= 15 is 0 Å². The van der Waals surface area contributed by atoms with Crippen LogP contribution in [0.4, 0.5) is 0 Å². The van der Waals surface area contributed by atoms with Crippen molar-refractivity contribution in [2.75, 3.05) is 7.11 Å². The topological polar surface area (TPSA) is 76.2 Å². The van der Waals surface area contributed by atoms with Gasteiger partial charge < -0.3 is 9.72 Å². The Bertz CT molecular complexity index is 814. The number of ether oxygens (including phenoxy) is 1. The Balaban J connectivity index is 2.13. The van der Waals surface area contributed by atoms with E-state index in [0.717, 1.165) is 18.4 Å². The highest BCUT2D eigenvalue weighted by atomic mass is 32.2. The fourth-order valence-corrected chi connectivity index (χ4v) is 4.04. The number of sulfone groups is 1. The summed E-state index contributed by atoms with van der Waals surface area (Å²) in [5.41, 5.74) is 1.87. The Labute approximate surface area is 129 Å². The third kappa shape index (κ3) is 2.43. The number of methoxy groups -OCH3 is 1. The minimum absolute atomic E-state index is 0.107. The Morgan fingerprint density at radius 2 is 1.86 bits per heavy atom. The molecule has 1 aliphatic carbocycles. The standard InChI is InChI=1S/C16H17NO4S/c1-10-3-7-12(8-4-10)22(19,20)15-14(11-5-6-11)13(9-17-15)16(18)21-2/h3-4,7-9,11,17H,5-6H2,1-2H3. The van der Waals surface area contributed by atoms with Crippen LogP contribution in [0, 0.1) is 6.92 Å². The average Bonchev–Trinajstić information content (AvgIpc) is 3.24. The maximum Gasteiger partial charge on any atom is 0.339 e. The first-order valence-corrected chi connectivity index (χ1v) is 8.55. The Morgan fingerprint density at radius 3 is 2.41 bits per heavy atom. The van der Waals surface area contributed by atoms with Crippen LogP contribution in [0.5, 0.6) is 0 Å². The van der Waals surface area contributed by atoms with Gasteiger partial charge in [0.25, 0.3) is 0 Å². The molecule has 0 radical (unpaired) electrons. The molecule has 0 spiro atoms. The van der Waals surface area contributed by atoms with Crippen molar-refractivity contribution in [1.82, 2.24) is 4.98 Å². The molecule has 0 amide bonds. The van der Waals surface area contributed by atoms with E-state index < -0.39 is 15.8 Å². The molecule has 0 saturated heterocycles. The summed E-state index contributed by atoms with van der Waals surface area (Å²) in [6, 6.07) is 6.68. The molecule has 3 rings (SSSR count). The van der Waals surface area contributed by atoms with E-state index in [1.165, 1.54) is 13.3 Å². The molecule has 1 N–H and O–H groups in total. The normalized spacial score (nSPS) is 14.8. The van der Waals surface area contributed by atoms with E-state index in [4.69, 9.17) is 4.74 Å². The van der Waals surface area contributed by atoms with Gasteiger partial charge in [-0.05, 0) is 37.8 Å². The molecule has 5 nitrogen and oxygen atoms in total. The molecule has 1 fully saturated rings. The summed E-state index contributed by atoms with van der Waals surface area (Å²) >= 11 is 0. The summed E-state index contributed by atoms with van der Waals surface area (Å²) < 4.78 is 30.4. The highest BCUT2D eigenvalue weighted by Crippen LogP contribution is 2.45. The van der Waals surface area contributed by atoms with Crippen LogP contribution in [0.25, 0.3) is 0 Å². The van der Waals surface area contributed by atoms with Gasteiger partial charge >= 0.3 is 5.97 Å². The summed E-state index contributed by atoms with van der Waals surface area (Å²) in [6.45, 7) is 1.90. The van der Waals surface area contributed by atoms with Crippen LogP contribution in [0.2, 0.25) is 0 Å². The van der Waals surface area contributed by atoms with Crippen LogP contribution in [-0.2, 0) is 14.6 Å². The smallest absolute Gasteiger partial charge is 0.339 e. The second-order valence-corrected chi connectivity index (χ2v) is 7.41. The third-order valence-corrected chi connectivity index (χ3v) is 5.64. The molecule has 1 aliphatic rings. The monoisotopic (exact) mass is 319 g/mol. The van der Waals surface area contributed by atoms with Crippen LogP contribution in [0.15, 0.2) is 40.4 Å². The average molecular weight is 319 g/mol. The Hall–Kier alpha value is -2.08. The van der Waals surface area contributed by atoms with Crippen molar-refractivity contribution in [3.63, 3.8) is 0 Å². The number of aryl methyl sites for hydroxylation is 1. The van der Waals surface area contributed by atoms with Crippen molar-refractivity contribution in [2.24, 2.45) is 0 Å². The van der Waals surface area contributed by atoms with Gasteiger partial charge in [-0.1, -0.05) is 17.7 Å². The molecule has 1 heterocycles. The van der Waals surface area contributed by atoms with Crippen LogP contribution in [-0.4, -0.2) is 26.5 Å². The number of hydrogen-bond donors (Lipinski definition) is 1. The molecule has 2 aromatic rings. The highest BCUT2D eigenvalue weighted by molar-refractivity contribution is 7.91. The van der Waals surface area contributed by atoms with Crippen LogP contribution in [0.3, 0.4) is 0 Å². The van der Waals surface area contributed by atoms with Crippen LogP contribution in [0.1, 0.15) is 40.2 Å². The summed E-state index contributed by atoms with van der Waals surface area (Å²) in [6.07, 6.45) is 3.21.